The molecule has 1 fully saturated rings. The third kappa shape index (κ3) is 20.4. The van der Waals surface area contributed by atoms with Gasteiger partial charge in [0.2, 0.25) is 0 Å². The fourth-order valence-corrected chi connectivity index (χ4v) is 15.2. The summed E-state index contributed by atoms with van der Waals surface area (Å²) >= 11 is 24.0. The number of carbonyl (C=O) groups is 3. The number of aryl methyl sites for hydroxylation is 6. The Morgan fingerprint density at radius 3 is 1.21 bits per heavy atom. The van der Waals surface area contributed by atoms with Gasteiger partial charge in [-0.15, -0.1) is 0 Å². The summed E-state index contributed by atoms with van der Waals surface area (Å²) in [6.07, 6.45) is -2.89. The number of hydrogen-bond donors (Lipinski definition) is 4. The fourth-order valence-electron chi connectivity index (χ4n) is 13.4. The van der Waals surface area contributed by atoms with E-state index in [0.717, 1.165) is 122 Å². The van der Waals surface area contributed by atoms with E-state index in [9.17, 15) is 19.5 Å². The number of pyridine rings is 3. The van der Waals surface area contributed by atoms with Crippen LogP contribution in [0.5, 0.6) is 17.2 Å². The molecule has 7 heterocycles. The van der Waals surface area contributed by atoms with Gasteiger partial charge in [-0.05, 0) is 262 Å². The summed E-state index contributed by atoms with van der Waals surface area (Å²) in [6, 6.07) is 29.1. The van der Waals surface area contributed by atoms with Crippen LogP contribution in [-0.4, -0.2) is 131 Å². The van der Waals surface area contributed by atoms with Gasteiger partial charge in [0.05, 0.1) is 89.9 Å². The van der Waals surface area contributed by atoms with Crippen molar-refractivity contribution < 1.29 is 91.0 Å². The Labute approximate surface area is 693 Å². The number of aromatic nitrogens is 3. The molecule has 3 atom stereocenters. The van der Waals surface area contributed by atoms with E-state index >= 15 is 0 Å². The summed E-state index contributed by atoms with van der Waals surface area (Å²) in [5.41, 5.74) is 13.6. The Hall–Kier alpha value is -7.47. The molecule has 0 amide bonds. The van der Waals surface area contributed by atoms with Crippen molar-refractivity contribution in [3.05, 3.63) is 161 Å². The van der Waals surface area contributed by atoms with Crippen LogP contribution in [0, 0.1) is 41.5 Å². The number of halogens is 4. The standard InChI is InChI=1S/C27H31ClN2O4.C25H27ClN2O4.C19H24BrNO3.C14H19BClNO3.Li.H2O/c1-7-32-26(31)25(34-27(4,5)6)21-15(2)14-19-17(9-8-16(3)30-19)22(21)18-10-11-20-24(23(18)28)29-12-13-33-20;1-13-12-17-15(7-6-14(2)28-17)20(19(13)23(24(29)30)32-25(3,4)5)16-8-9-18-22(21(16)26)27-10-11-31-18;1-7-23-18(22)17(24-19(4,5)6)15-11(2)10-14-13(16(15)20)9-8-12(3)21-14;1-13(2)14(3,4)20-15(19-13)9-5-6-10-12(11(9)16)17-7-8-18-10;;/h8-11,14,25,29H,7,12-13H2,1-6H3;6-9,12,23,27H,10-11H2,1-5H3,(H,29,30);8-10,17H,7H2,1-6H3;5-6,17H,7-8H2,1-4H3;;1H2/q;;;;+1;/p-1/t25-;23-;17-;;;/m000.../s1. The molecule has 0 aliphatic carbocycles. The first kappa shape index (κ1) is 90.1. The average Bonchev–Trinajstić information content (AvgIpc) is 1.67. The molecular weight excluding hydrogens is 1550 g/mol. The minimum Gasteiger partial charge on any atom is -0.870 e. The first-order valence-electron chi connectivity index (χ1n) is 37.0. The van der Waals surface area contributed by atoms with E-state index in [1.165, 1.54) is 0 Å². The third-order valence-electron chi connectivity index (χ3n) is 18.9. The Bertz CT molecular complexity index is 4980. The second kappa shape index (κ2) is 36.6. The van der Waals surface area contributed by atoms with Crippen molar-refractivity contribution in [1.29, 1.82) is 0 Å². The number of fused-ring (bicyclic) bond motifs is 6. The van der Waals surface area contributed by atoms with Crippen molar-refractivity contribution in [1.82, 2.24) is 15.0 Å². The van der Waals surface area contributed by atoms with Gasteiger partial charge in [-0.2, -0.15) is 0 Å². The second-order valence-electron chi connectivity index (χ2n) is 31.5. The Kier molecular flexibility index (Phi) is 29.4. The van der Waals surface area contributed by atoms with Crippen LogP contribution in [-0.2, 0) is 47.4 Å². The van der Waals surface area contributed by atoms with Crippen LogP contribution in [0.3, 0.4) is 0 Å². The maximum Gasteiger partial charge on any atom is 1.00 e. The summed E-state index contributed by atoms with van der Waals surface area (Å²) in [7, 11) is -0.457. The maximum absolute atomic E-state index is 13.2. The molecule has 4 aliphatic heterocycles. The van der Waals surface area contributed by atoms with Gasteiger partial charge < -0.3 is 73.7 Å². The van der Waals surface area contributed by atoms with Gasteiger partial charge in [0.15, 0.2) is 18.3 Å². The number of carboxylic acid groups (broad SMARTS) is 1. The molecule has 0 saturated carbocycles. The van der Waals surface area contributed by atoms with E-state index in [0.29, 0.717) is 88.5 Å². The molecular formula is C85H102BBrCl3LiN6O15. The van der Waals surface area contributed by atoms with Crippen LogP contribution in [0.2, 0.25) is 15.1 Å². The predicted octanol–water partition coefficient (Wildman–Crippen LogP) is 16.6. The summed E-state index contributed by atoms with van der Waals surface area (Å²) in [5, 5.41) is 24.4. The number of aliphatic carboxylic acids is 1. The van der Waals surface area contributed by atoms with Gasteiger partial charge in [0.25, 0.3) is 0 Å². The van der Waals surface area contributed by atoms with Gasteiger partial charge in [0, 0.05) is 90.6 Å². The summed E-state index contributed by atoms with van der Waals surface area (Å²) in [5.74, 6) is 0.298. The van der Waals surface area contributed by atoms with Crippen LogP contribution in [0.1, 0.15) is 173 Å². The monoisotopic (exact) mass is 1650 g/mol. The molecule has 0 unspecified atom stereocenters. The number of esters is 2. The number of anilines is 3. The van der Waals surface area contributed by atoms with Crippen LogP contribution in [0.15, 0.2) is 95.5 Å². The number of ether oxygens (including phenoxy) is 8. The van der Waals surface area contributed by atoms with Crippen LogP contribution >= 0.6 is 50.7 Å². The number of rotatable bonds is 14. The van der Waals surface area contributed by atoms with Crippen LogP contribution in [0.25, 0.3) is 55.0 Å². The molecule has 112 heavy (non-hydrogen) atoms. The van der Waals surface area contributed by atoms with Crippen LogP contribution < -0.4 is 54.5 Å². The minimum absolute atomic E-state index is 0. The minimum atomic E-state index is -1.17. The SMILES string of the molecule is CC1(C)OB(c2ccc3c(c2Cl)NCCO3)OC1(C)C.CCOC(=O)[C@@H](OC(C)(C)C)c1c(C)cc2nc(C)ccc2c1-c1ccc2c(c1Cl)NCCO2.CCOC(=O)[C@@H](OC(C)(C)C)c1c(C)cc2nc(C)ccc2c1Br.Cc1ccc2c(-c3ccc4c(c3Cl)NCCO4)c([C@H](OC(C)(C)C)C(=O)O)c(C)cc2n1.[Li+].[OH-]. The van der Waals surface area contributed by atoms with Crippen molar-refractivity contribution in [2.45, 2.75) is 192 Å². The zero-order chi connectivity index (χ0) is 80.4. The number of carboxylic acids is 1. The fraction of sp³-hybridized carbons (Fsp3) is 0.435. The third-order valence-corrected chi connectivity index (χ3v) is 20.9. The molecule has 1 saturated heterocycles. The molecule has 0 spiro atoms. The molecule has 3 aromatic heterocycles. The van der Waals surface area contributed by atoms with Gasteiger partial charge in [0.1, 0.15) is 37.1 Å². The van der Waals surface area contributed by atoms with Crippen LogP contribution in [0.4, 0.5) is 17.1 Å². The van der Waals surface area contributed by atoms with Gasteiger partial charge >= 0.3 is 43.9 Å². The Morgan fingerprint density at radius 1 is 0.509 bits per heavy atom. The number of nitrogens with zero attached hydrogens (tertiary/aromatic N) is 3. The molecule has 594 valence electrons. The van der Waals surface area contributed by atoms with E-state index in [2.05, 4.69) is 41.8 Å². The maximum atomic E-state index is 13.2. The molecule has 9 aromatic rings. The normalized spacial score (nSPS) is 15.3. The molecule has 4 aliphatic rings. The van der Waals surface area contributed by atoms with Gasteiger partial charge in [-0.25, -0.2) is 14.4 Å². The number of nitrogens with one attached hydrogen (secondary N) is 3. The molecule has 5 N–H and O–H groups in total. The zero-order valence-electron chi connectivity index (χ0n) is 68.2. The van der Waals surface area contributed by atoms with E-state index in [4.69, 9.17) is 87.0 Å². The molecule has 0 bridgehead atoms. The smallest absolute Gasteiger partial charge is 0.870 e. The summed E-state index contributed by atoms with van der Waals surface area (Å²) in [6.45, 7) is 44.9. The first-order valence-corrected chi connectivity index (χ1v) is 39.0. The number of benzene rings is 6. The van der Waals surface area contributed by atoms with E-state index in [1.54, 1.807) is 13.8 Å². The molecule has 6 aromatic carbocycles. The van der Waals surface area contributed by atoms with Gasteiger partial charge in [-0.3, -0.25) is 15.0 Å². The predicted molar refractivity (Wildman–Crippen MR) is 445 cm³/mol. The first-order chi connectivity index (χ1) is 51.6. The number of hydrogen-bond acceptors (Lipinski definition) is 20. The topological polar surface area (TPSA) is 268 Å². The van der Waals surface area contributed by atoms with Crippen molar-refractivity contribution in [3.8, 4) is 39.5 Å². The molecule has 0 radical (unpaired) electrons. The van der Waals surface area contributed by atoms with E-state index in [-0.39, 0.29) is 48.1 Å². The average molecular weight is 1650 g/mol. The van der Waals surface area contributed by atoms with Crippen molar-refractivity contribution in [2.75, 3.05) is 68.6 Å². The summed E-state index contributed by atoms with van der Waals surface area (Å²) < 4.78 is 59.1. The largest absolute Gasteiger partial charge is 1.00 e. The van der Waals surface area contributed by atoms with E-state index in [1.807, 2.05) is 223 Å². The summed E-state index contributed by atoms with van der Waals surface area (Å²) in [4.78, 5) is 52.2. The Balaban J connectivity index is 0.000000190. The van der Waals surface area contributed by atoms with Crippen molar-refractivity contribution >= 4 is 131 Å². The van der Waals surface area contributed by atoms with Crippen molar-refractivity contribution in [3.63, 3.8) is 0 Å². The van der Waals surface area contributed by atoms with E-state index < -0.39 is 54.2 Å². The molecule has 27 heteroatoms. The Morgan fingerprint density at radius 2 is 0.839 bits per heavy atom. The van der Waals surface area contributed by atoms with Gasteiger partial charge in [-0.1, -0.05) is 53.0 Å². The quantitative estimate of drug-likeness (QED) is 0.0582. The number of carbonyl (C=O) groups excluding carboxylic acids is 2. The second-order valence-corrected chi connectivity index (χ2v) is 33.4. The van der Waals surface area contributed by atoms with Crippen molar-refractivity contribution in [2.24, 2.45) is 0 Å². The molecule has 21 nitrogen and oxygen atoms in total. The zero-order valence-corrected chi connectivity index (χ0v) is 72.0. The molecule has 13 rings (SSSR count).